The second-order valence-electron chi connectivity index (χ2n) is 6.10. The fourth-order valence-corrected chi connectivity index (χ4v) is 3.93. The number of anilines is 1. The molecule has 4 rings (SSSR count). The van der Waals surface area contributed by atoms with Crippen molar-refractivity contribution in [2.75, 3.05) is 4.90 Å². The van der Waals surface area contributed by atoms with Gasteiger partial charge in [0.2, 0.25) is 0 Å². The van der Waals surface area contributed by atoms with Gasteiger partial charge in [0.25, 0.3) is 5.91 Å². The molecule has 0 N–H and O–H groups in total. The number of hydrogen-bond acceptors (Lipinski definition) is 5. The standard InChI is InChI=1S/C19H16ClN5OS/c1-12-14(20)6-7-16-17(12)22-19(27-16)25(11-13-5-3-4-9-21-13)18(26)15-8-10-24(2)23-15/h3-10H,11H2,1-2H3. The lowest BCUT2D eigenvalue weighted by Crippen LogP contribution is -2.31. The number of benzene rings is 1. The fraction of sp³-hybridized carbons (Fsp3) is 0.158. The predicted octanol–water partition coefficient (Wildman–Crippen LogP) is 4.23. The second kappa shape index (κ2) is 7.09. The maximum atomic E-state index is 13.2. The summed E-state index contributed by atoms with van der Waals surface area (Å²) in [6, 6.07) is 11.1. The minimum Gasteiger partial charge on any atom is -0.276 e. The molecule has 27 heavy (non-hydrogen) atoms. The van der Waals surface area contributed by atoms with Gasteiger partial charge in [-0.05, 0) is 42.8 Å². The number of aromatic nitrogens is 4. The maximum absolute atomic E-state index is 13.2. The highest BCUT2D eigenvalue weighted by Crippen LogP contribution is 2.34. The van der Waals surface area contributed by atoms with Crippen LogP contribution in [0.1, 0.15) is 21.7 Å². The van der Waals surface area contributed by atoms with E-state index in [2.05, 4.69) is 10.1 Å². The third kappa shape index (κ3) is 3.43. The third-order valence-corrected chi connectivity index (χ3v) is 5.64. The molecule has 0 fully saturated rings. The van der Waals surface area contributed by atoms with Crippen molar-refractivity contribution in [2.45, 2.75) is 13.5 Å². The van der Waals surface area contributed by atoms with Gasteiger partial charge in [0, 0.05) is 24.5 Å². The lowest BCUT2D eigenvalue weighted by atomic mass is 10.2. The van der Waals surface area contributed by atoms with Gasteiger partial charge in [-0.1, -0.05) is 29.0 Å². The minimum atomic E-state index is -0.218. The number of rotatable bonds is 4. The summed E-state index contributed by atoms with van der Waals surface area (Å²) in [6.07, 6.45) is 3.45. The quantitative estimate of drug-likeness (QED) is 0.516. The summed E-state index contributed by atoms with van der Waals surface area (Å²) in [7, 11) is 1.78. The summed E-state index contributed by atoms with van der Waals surface area (Å²) < 4.78 is 2.58. The third-order valence-electron chi connectivity index (χ3n) is 4.19. The van der Waals surface area contributed by atoms with Gasteiger partial charge in [0.15, 0.2) is 10.8 Å². The molecule has 6 nitrogen and oxygen atoms in total. The number of fused-ring (bicyclic) bond motifs is 1. The molecule has 4 aromatic rings. The van der Waals surface area contributed by atoms with Crippen molar-refractivity contribution in [1.29, 1.82) is 0 Å². The van der Waals surface area contributed by atoms with Gasteiger partial charge in [-0.15, -0.1) is 0 Å². The highest BCUT2D eigenvalue weighted by molar-refractivity contribution is 7.22. The molecule has 1 amide bonds. The summed E-state index contributed by atoms with van der Waals surface area (Å²) in [4.78, 5) is 23.8. The van der Waals surface area contributed by atoms with E-state index in [1.54, 1.807) is 35.1 Å². The fourth-order valence-electron chi connectivity index (χ4n) is 2.75. The number of pyridine rings is 1. The van der Waals surface area contributed by atoms with E-state index < -0.39 is 0 Å². The lowest BCUT2D eigenvalue weighted by molar-refractivity contribution is 0.0979. The van der Waals surface area contributed by atoms with E-state index in [4.69, 9.17) is 16.6 Å². The largest absolute Gasteiger partial charge is 0.280 e. The molecule has 0 unspecified atom stereocenters. The highest BCUT2D eigenvalue weighted by Gasteiger charge is 2.24. The van der Waals surface area contributed by atoms with Crippen LogP contribution in [0, 0.1) is 6.92 Å². The zero-order valence-corrected chi connectivity index (χ0v) is 16.3. The van der Waals surface area contributed by atoms with Gasteiger partial charge in [-0.25, -0.2) is 4.98 Å². The van der Waals surface area contributed by atoms with Crippen LogP contribution in [0.5, 0.6) is 0 Å². The number of hydrogen-bond donors (Lipinski definition) is 0. The SMILES string of the molecule is Cc1c(Cl)ccc2sc(N(Cc3ccccn3)C(=O)c3ccn(C)n3)nc12. The Balaban J connectivity index is 1.79. The average molecular weight is 398 g/mol. The van der Waals surface area contributed by atoms with Crippen molar-refractivity contribution in [3.63, 3.8) is 0 Å². The van der Waals surface area contributed by atoms with E-state index in [0.29, 0.717) is 22.4 Å². The zero-order chi connectivity index (χ0) is 19.0. The molecule has 0 saturated carbocycles. The molecule has 8 heteroatoms. The lowest BCUT2D eigenvalue weighted by Gasteiger charge is -2.18. The first-order chi connectivity index (χ1) is 13.0. The van der Waals surface area contributed by atoms with Crippen molar-refractivity contribution in [3.8, 4) is 0 Å². The zero-order valence-electron chi connectivity index (χ0n) is 14.8. The first-order valence-corrected chi connectivity index (χ1v) is 9.49. The summed E-state index contributed by atoms with van der Waals surface area (Å²) in [5.41, 5.74) is 2.85. The van der Waals surface area contributed by atoms with Crippen molar-refractivity contribution in [1.82, 2.24) is 19.7 Å². The molecule has 3 heterocycles. The molecular formula is C19H16ClN5OS. The number of amides is 1. The molecule has 0 aliphatic carbocycles. The number of halogens is 1. The van der Waals surface area contributed by atoms with Crippen LogP contribution in [0.2, 0.25) is 5.02 Å². The van der Waals surface area contributed by atoms with Crippen LogP contribution in [0.4, 0.5) is 5.13 Å². The Morgan fingerprint density at radius 2 is 2.11 bits per heavy atom. The molecule has 3 aromatic heterocycles. The highest BCUT2D eigenvalue weighted by atomic mass is 35.5. The number of carbonyl (C=O) groups excluding carboxylic acids is 1. The average Bonchev–Trinajstić information content (AvgIpc) is 3.30. The first kappa shape index (κ1) is 17.6. The topological polar surface area (TPSA) is 63.9 Å². The number of thiazole rings is 1. The van der Waals surface area contributed by atoms with Crippen LogP contribution in [0.15, 0.2) is 48.8 Å². The molecule has 1 aromatic carbocycles. The number of carbonyl (C=O) groups is 1. The summed E-state index contributed by atoms with van der Waals surface area (Å²) in [5.74, 6) is -0.218. The van der Waals surface area contributed by atoms with E-state index >= 15 is 0 Å². The van der Waals surface area contributed by atoms with Crippen LogP contribution in [0.25, 0.3) is 10.2 Å². The molecule has 0 aliphatic rings. The molecule has 0 bridgehead atoms. The monoisotopic (exact) mass is 397 g/mol. The summed E-state index contributed by atoms with van der Waals surface area (Å²) in [6.45, 7) is 2.24. The Labute approximate surface area is 165 Å². The molecule has 136 valence electrons. The van der Waals surface area contributed by atoms with Gasteiger partial charge in [0.1, 0.15) is 0 Å². The smallest absolute Gasteiger partial charge is 0.276 e. The van der Waals surface area contributed by atoms with Gasteiger partial charge in [0.05, 0.1) is 22.5 Å². The summed E-state index contributed by atoms with van der Waals surface area (Å²) in [5, 5.41) is 5.50. The number of aryl methyl sites for hydroxylation is 2. The second-order valence-corrected chi connectivity index (χ2v) is 7.52. The Kier molecular flexibility index (Phi) is 4.63. The normalized spacial score (nSPS) is 11.1. The molecule has 0 spiro atoms. The Morgan fingerprint density at radius 3 is 2.81 bits per heavy atom. The predicted molar refractivity (Wildman–Crippen MR) is 107 cm³/mol. The van der Waals surface area contributed by atoms with Gasteiger partial charge in [-0.3, -0.25) is 19.4 Å². The van der Waals surface area contributed by atoms with Gasteiger partial charge in [-0.2, -0.15) is 5.10 Å². The van der Waals surface area contributed by atoms with E-state index in [0.717, 1.165) is 21.5 Å². The van der Waals surface area contributed by atoms with Crippen molar-refractivity contribution >= 4 is 44.2 Å². The Morgan fingerprint density at radius 1 is 1.26 bits per heavy atom. The van der Waals surface area contributed by atoms with Crippen molar-refractivity contribution < 1.29 is 4.79 Å². The Bertz CT molecular complexity index is 1120. The number of nitrogens with zero attached hydrogens (tertiary/aromatic N) is 5. The van der Waals surface area contributed by atoms with E-state index in [9.17, 15) is 4.79 Å². The summed E-state index contributed by atoms with van der Waals surface area (Å²) >= 11 is 7.68. The first-order valence-electron chi connectivity index (χ1n) is 8.30. The molecule has 0 aliphatic heterocycles. The van der Waals surface area contributed by atoms with Crippen LogP contribution >= 0.6 is 22.9 Å². The van der Waals surface area contributed by atoms with Crippen LogP contribution in [0.3, 0.4) is 0 Å². The molecule has 0 radical (unpaired) electrons. The van der Waals surface area contributed by atoms with Crippen LogP contribution in [-0.2, 0) is 13.6 Å². The minimum absolute atomic E-state index is 0.218. The molecule has 0 atom stereocenters. The van der Waals surface area contributed by atoms with Crippen LogP contribution in [-0.4, -0.2) is 25.7 Å². The van der Waals surface area contributed by atoms with E-state index in [1.165, 1.54) is 11.3 Å². The van der Waals surface area contributed by atoms with Crippen molar-refractivity contribution in [2.24, 2.45) is 7.05 Å². The van der Waals surface area contributed by atoms with Gasteiger partial charge >= 0.3 is 0 Å². The Hall–Kier alpha value is -2.77. The van der Waals surface area contributed by atoms with E-state index in [-0.39, 0.29) is 5.91 Å². The molecule has 0 saturated heterocycles. The van der Waals surface area contributed by atoms with E-state index in [1.807, 2.05) is 37.3 Å². The molecular weight excluding hydrogens is 382 g/mol. The van der Waals surface area contributed by atoms with Gasteiger partial charge < -0.3 is 0 Å². The van der Waals surface area contributed by atoms with Crippen molar-refractivity contribution in [3.05, 3.63) is 70.8 Å². The van der Waals surface area contributed by atoms with Crippen LogP contribution < -0.4 is 4.90 Å². The maximum Gasteiger partial charge on any atom is 0.280 e.